The molecule has 2 unspecified atom stereocenters. The largest absolute Gasteiger partial charge is 0.323 e. The van der Waals surface area contributed by atoms with Crippen molar-refractivity contribution in [1.29, 1.82) is 0 Å². The van der Waals surface area contributed by atoms with Crippen LogP contribution in [0.25, 0.3) is 0 Å². The molecule has 0 saturated carbocycles. The highest BCUT2D eigenvalue weighted by atomic mass is 35.5. The van der Waals surface area contributed by atoms with Crippen LogP contribution in [-0.2, 0) is 4.79 Å². The fourth-order valence-corrected chi connectivity index (χ4v) is 4.02. The first-order valence-corrected chi connectivity index (χ1v) is 7.13. The van der Waals surface area contributed by atoms with E-state index in [0.717, 1.165) is 32.2 Å². The Hall–Kier alpha value is -0.810. The number of alkyl halides is 1. The molecule has 3 aliphatic rings. The number of carbonyl (C=O) groups excluding carboxylic acids is 2. The molecule has 18 heavy (non-hydrogen) atoms. The van der Waals surface area contributed by atoms with Gasteiger partial charge in [-0.3, -0.25) is 15.0 Å². The van der Waals surface area contributed by atoms with Crippen LogP contribution in [0.1, 0.15) is 32.1 Å². The van der Waals surface area contributed by atoms with Gasteiger partial charge in [0.1, 0.15) is 5.54 Å². The fraction of sp³-hybridized carbons (Fsp3) is 0.833. The molecule has 0 aliphatic carbocycles. The van der Waals surface area contributed by atoms with Gasteiger partial charge in [-0.15, -0.1) is 11.6 Å². The van der Waals surface area contributed by atoms with Gasteiger partial charge < -0.3 is 5.32 Å². The highest BCUT2D eigenvalue weighted by molar-refractivity contribution is 6.18. The lowest BCUT2D eigenvalue weighted by Gasteiger charge is -2.51. The molecule has 2 N–H and O–H groups in total. The second kappa shape index (κ2) is 4.38. The molecule has 3 aliphatic heterocycles. The number of hydrogen-bond acceptors (Lipinski definition) is 3. The van der Waals surface area contributed by atoms with Crippen LogP contribution in [0.2, 0.25) is 0 Å². The minimum atomic E-state index is -0.657. The number of urea groups is 1. The molecule has 0 aromatic heterocycles. The van der Waals surface area contributed by atoms with Crippen molar-refractivity contribution in [2.45, 2.75) is 49.7 Å². The van der Waals surface area contributed by atoms with Gasteiger partial charge >= 0.3 is 6.03 Å². The van der Waals surface area contributed by atoms with Crippen LogP contribution in [0.3, 0.4) is 0 Å². The second-order valence-corrected chi connectivity index (χ2v) is 5.94. The van der Waals surface area contributed by atoms with E-state index < -0.39 is 5.54 Å². The smallest absolute Gasteiger partial charge is 0.322 e. The standard InChI is InChI=1S/C12H18ClN3O2/c13-4-5-16-8-2-1-3-9(16)7-12(6-8)10(17)14-11(18)15-12/h8-9H,1-7H2,(H2,14,15,17,18). The molecule has 3 rings (SSSR count). The van der Waals surface area contributed by atoms with E-state index >= 15 is 0 Å². The van der Waals surface area contributed by atoms with E-state index in [1.807, 2.05) is 0 Å². The van der Waals surface area contributed by atoms with E-state index in [0.29, 0.717) is 18.0 Å². The maximum absolute atomic E-state index is 12.0. The second-order valence-electron chi connectivity index (χ2n) is 5.56. The number of nitrogens with one attached hydrogen (secondary N) is 2. The van der Waals surface area contributed by atoms with Crippen LogP contribution >= 0.6 is 11.6 Å². The number of imide groups is 1. The normalized spacial score (nSPS) is 39.8. The number of hydrogen-bond donors (Lipinski definition) is 2. The third kappa shape index (κ3) is 1.80. The Kier molecular flexibility index (Phi) is 2.98. The first-order valence-electron chi connectivity index (χ1n) is 6.60. The number of carbonyl (C=O) groups is 2. The van der Waals surface area contributed by atoms with E-state index in [4.69, 9.17) is 11.6 Å². The molecule has 0 aromatic rings. The topological polar surface area (TPSA) is 61.4 Å². The Balaban J connectivity index is 1.83. The zero-order valence-electron chi connectivity index (χ0n) is 10.2. The number of fused-ring (bicyclic) bond motifs is 2. The molecule has 2 atom stereocenters. The summed E-state index contributed by atoms with van der Waals surface area (Å²) in [4.78, 5) is 25.8. The maximum Gasteiger partial charge on any atom is 0.322 e. The Bertz CT molecular complexity index is 374. The number of amides is 3. The monoisotopic (exact) mass is 271 g/mol. The molecule has 3 amide bonds. The predicted molar refractivity (Wildman–Crippen MR) is 67.5 cm³/mol. The van der Waals surface area contributed by atoms with Crippen LogP contribution in [-0.4, -0.2) is 46.9 Å². The lowest BCUT2D eigenvalue weighted by Crippen LogP contribution is -2.63. The van der Waals surface area contributed by atoms with Gasteiger partial charge in [-0.05, 0) is 25.7 Å². The Labute approximate surface area is 111 Å². The van der Waals surface area contributed by atoms with Crippen molar-refractivity contribution in [3.05, 3.63) is 0 Å². The Morgan fingerprint density at radius 2 is 1.94 bits per heavy atom. The zero-order chi connectivity index (χ0) is 12.8. The van der Waals surface area contributed by atoms with Crippen LogP contribution < -0.4 is 10.6 Å². The molecular formula is C12H18ClN3O2. The molecule has 3 saturated heterocycles. The molecule has 0 aromatic carbocycles. The van der Waals surface area contributed by atoms with Gasteiger partial charge in [0.05, 0.1) is 0 Å². The van der Waals surface area contributed by atoms with Gasteiger partial charge in [0.2, 0.25) is 0 Å². The lowest BCUT2D eigenvalue weighted by atomic mass is 9.73. The lowest BCUT2D eigenvalue weighted by molar-refractivity contribution is -0.128. The van der Waals surface area contributed by atoms with Gasteiger partial charge in [-0.2, -0.15) is 0 Å². The number of halogens is 1. The molecular weight excluding hydrogens is 254 g/mol. The summed E-state index contributed by atoms with van der Waals surface area (Å²) in [5.74, 6) is 0.480. The van der Waals surface area contributed by atoms with Crippen molar-refractivity contribution in [2.75, 3.05) is 12.4 Å². The first kappa shape index (κ1) is 12.2. The quantitative estimate of drug-likeness (QED) is 0.577. The van der Waals surface area contributed by atoms with Crippen molar-refractivity contribution in [2.24, 2.45) is 0 Å². The van der Waals surface area contributed by atoms with Crippen molar-refractivity contribution in [1.82, 2.24) is 15.5 Å². The molecule has 100 valence electrons. The zero-order valence-corrected chi connectivity index (χ0v) is 11.0. The molecule has 2 bridgehead atoms. The predicted octanol–water partition coefficient (Wildman–Crippen LogP) is 0.820. The molecule has 5 nitrogen and oxygen atoms in total. The average Bonchev–Trinajstić information content (AvgIpc) is 2.55. The third-order valence-electron chi connectivity index (χ3n) is 4.54. The van der Waals surface area contributed by atoms with E-state index in [2.05, 4.69) is 15.5 Å². The average molecular weight is 272 g/mol. The van der Waals surface area contributed by atoms with Gasteiger partial charge in [-0.1, -0.05) is 6.42 Å². The third-order valence-corrected chi connectivity index (χ3v) is 4.71. The maximum atomic E-state index is 12.0. The molecule has 0 radical (unpaired) electrons. The van der Waals surface area contributed by atoms with Gasteiger partial charge in [-0.25, -0.2) is 4.79 Å². The number of rotatable bonds is 2. The van der Waals surface area contributed by atoms with Crippen LogP contribution in [0.5, 0.6) is 0 Å². The van der Waals surface area contributed by atoms with E-state index in [9.17, 15) is 9.59 Å². The summed E-state index contributed by atoms with van der Waals surface area (Å²) in [6.07, 6.45) is 4.84. The van der Waals surface area contributed by atoms with Gasteiger partial charge in [0, 0.05) is 24.5 Å². The molecule has 3 heterocycles. The summed E-state index contributed by atoms with van der Waals surface area (Å²) >= 11 is 5.86. The van der Waals surface area contributed by atoms with Crippen LogP contribution in [0.15, 0.2) is 0 Å². The summed E-state index contributed by atoms with van der Waals surface area (Å²) in [7, 11) is 0. The summed E-state index contributed by atoms with van der Waals surface area (Å²) in [5, 5.41) is 5.23. The number of piperidine rings is 2. The van der Waals surface area contributed by atoms with Crippen molar-refractivity contribution >= 4 is 23.5 Å². The summed E-state index contributed by atoms with van der Waals surface area (Å²) < 4.78 is 0. The van der Waals surface area contributed by atoms with Crippen LogP contribution in [0.4, 0.5) is 4.79 Å². The fourth-order valence-electron chi connectivity index (χ4n) is 3.82. The number of nitrogens with zero attached hydrogens (tertiary/aromatic N) is 1. The van der Waals surface area contributed by atoms with Crippen molar-refractivity contribution < 1.29 is 9.59 Å². The van der Waals surface area contributed by atoms with Crippen molar-refractivity contribution in [3.8, 4) is 0 Å². The highest BCUT2D eigenvalue weighted by Gasteiger charge is 2.54. The van der Waals surface area contributed by atoms with E-state index in [-0.39, 0.29) is 11.9 Å². The minimum absolute atomic E-state index is 0.144. The highest BCUT2D eigenvalue weighted by Crippen LogP contribution is 2.40. The van der Waals surface area contributed by atoms with Gasteiger partial charge in [0.15, 0.2) is 0 Å². The van der Waals surface area contributed by atoms with Crippen molar-refractivity contribution in [3.63, 3.8) is 0 Å². The molecule has 3 fully saturated rings. The first-order chi connectivity index (χ1) is 8.64. The molecule has 1 spiro atoms. The molecule has 6 heteroatoms. The Morgan fingerprint density at radius 1 is 1.28 bits per heavy atom. The summed E-state index contributed by atoms with van der Waals surface area (Å²) in [6, 6.07) is 0.407. The van der Waals surface area contributed by atoms with Crippen LogP contribution in [0, 0.1) is 0 Å². The van der Waals surface area contributed by atoms with E-state index in [1.54, 1.807) is 0 Å². The summed E-state index contributed by atoms with van der Waals surface area (Å²) in [5.41, 5.74) is -0.657. The SMILES string of the molecule is O=C1NC(=O)C2(CC3CCCC(C2)N3CCCl)N1. The summed E-state index contributed by atoms with van der Waals surface area (Å²) in [6.45, 7) is 0.878. The minimum Gasteiger partial charge on any atom is -0.323 e. The van der Waals surface area contributed by atoms with E-state index in [1.165, 1.54) is 6.42 Å². The van der Waals surface area contributed by atoms with Gasteiger partial charge in [0.25, 0.3) is 5.91 Å². The Morgan fingerprint density at radius 3 is 2.44 bits per heavy atom.